The number of carbonyl (C=O) groups excluding carboxylic acids is 1. The number of primary amides is 1. The minimum Gasteiger partial charge on any atom is -0.496 e. The van der Waals surface area contributed by atoms with Gasteiger partial charge in [-0.15, -0.1) is 0 Å². The van der Waals surface area contributed by atoms with Gasteiger partial charge in [-0.2, -0.15) is 0 Å². The number of benzene rings is 2. The second-order valence-corrected chi connectivity index (χ2v) is 5.09. The van der Waals surface area contributed by atoms with Crippen LogP contribution in [0.15, 0.2) is 53.0 Å². The topological polar surface area (TPSA) is 64.3 Å². The summed E-state index contributed by atoms with van der Waals surface area (Å²) in [6.45, 7) is 0. The number of hydrogen-bond acceptors (Lipinski definition) is 3. The second kappa shape index (κ2) is 6.43. The van der Waals surface area contributed by atoms with E-state index < -0.39 is 11.9 Å². The molecule has 0 heterocycles. The zero-order valence-corrected chi connectivity index (χ0v) is 12.6. The number of ether oxygens (including phenoxy) is 1. The second-order valence-electron chi connectivity index (χ2n) is 4.24. The molecule has 4 nitrogen and oxygen atoms in total. The first-order valence-corrected chi connectivity index (χ1v) is 6.85. The fourth-order valence-electron chi connectivity index (χ4n) is 1.89. The van der Waals surface area contributed by atoms with Gasteiger partial charge in [-0.05, 0) is 39.7 Å². The monoisotopic (exact) mass is 334 g/mol. The number of carbonyl (C=O) groups is 1. The normalized spacial score (nSPS) is 11.7. The number of nitrogens with one attached hydrogen (secondary N) is 1. The van der Waals surface area contributed by atoms with E-state index >= 15 is 0 Å². The van der Waals surface area contributed by atoms with Crippen LogP contribution in [0.3, 0.4) is 0 Å². The summed E-state index contributed by atoms with van der Waals surface area (Å²) in [6.07, 6.45) is 0. The molecule has 104 valence electrons. The minimum absolute atomic E-state index is 0.428. The SMILES string of the molecule is COc1ccc(N[C@H](C(N)=O)c2ccccc2)cc1Br. The van der Waals surface area contributed by atoms with Crippen LogP contribution in [-0.2, 0) is 4.79 Å². The van der Waals surface area contributed by atoms with Crippen LogP contribution < -0.4 is 15.8 Å². The summed E-state index contributed by atoms with van der Waals surface area (Å²) < 4.78 is 5.98. The number of anilines is 1. The van der Waals surface area contributed by atoms with Gasteiger partial charge in [-0.25, -0.2) is 0 Å². The van der Waals surface area contributed by atoms with Crippen molar-refractivity contribution < 1.29 is 9.53 Å². The Hall–Kier alpha value is -2.01. The quantitative estimate of drug-likeness (QED) is 0.883. The molecule has 0 unspecified atom stereocenters. The molecule has 0 radical (unpaired) electrons. The first-order valence-electron chi connectivity index (χ1n) is 6.06. The molecule has 5 heteroatoms. The molecule has 0 saturated heterocycles. The summed E-state index contributed by atoms with van der Waals surface area (Å²) in [6, 6.07) is 14.3. The van der Waals surface area contributed by atoms with Crippen molar-refractivity contribution >= 4 is 27.5 Å². The first-order chi connectivity index (χ1) is 9.61. The molecule has 1 atom stereocenters. The Balaban J connectivity index is 2.25. The Labute approximate surface area is 126 Å². The lowest BCUT2D eigenvalue weighted by Gasteiger charge is -2.17. The molecule has 0 fully saturated rings. The highest BCUT2D eigenvalue weighted by Gasteiger charge is 2.17. The van der Waals surface area contributed by atoms with E-state index in [4.69, 9.17) is 10.5 Å². The average molecular weight is 335 g/mol. The standard InChI is InChI=1S/C15H15BrN2O2/c1-20-13-8-7-11(9-12(13)16)18-14(15(17)19)10-5-3-2-4-6-10/h2-9,14,18H,1H3,(H2,17,19)/t14-/m0/s1. The number of nitrogens with two attached hydrogens (primary N) is 1. The maximum atomic E-state index is 11.6. The molecule has 2 aromatic rings. The van der Waals surface area contributed by atoms with E-state index in [0.717, 1.165) is 21.5 Å². The Morgan fingerprint density at radius 3 is 2.50 bits per heavy atom. The van der Waals surface area contributed by atoms with Gasteiger partial charge in [0.2, 0.25) is 5.91 Å². The summed E-state index contributed by atoms with van der Waals surface area (Å²) in [4.78, 5) is 11.6. The highest BCUT2D eigenvalue weighted by Crippen LogP contribution is 2.29. The number of hydrogen-bond donors (Lipinski definition) is 2. The average Bonchev–Trinajstić information content (AvgIpc) is 2.45. The molecule has 0 bridgehead atoms. The predicted octanol–water partition coefficient (Wildman–Crippen LogP) is 3.10. The Morgan fingerprint density at radius 1 is 1.25 bits per heavy atom. The van der Waals surface area contributed by atoms with E-state index in [1.807, 2.05) is 48.5 Å². The van der Waals surface area contributed by atoms with Gasteiger partial charge in [0.1, 0.15) is 11.8 Å². The summed E-state index contributed by atoms with van der Waals surface area (Å²) >= 11 is 3.41. The van der Waals surface area contributed by atoms with Crippen LogP contribution in [0.1, 0.15) is 11.6 Å². The first kappa shape index (κ1) is 14.4. The summed E-state index contributed by atoms with van der Waals surface area (Å²) in [7, 11) is 1.60. The van der Waals surface area contributed by atoms with Gasteiger partial charge in [0.05, 0.1) is 11.6 Å². The lowest BCUT2D eigenvalue weighted by Crippen LogP contribution is -2.27. The van der Waals surface area contributed by atoms with Gasteiger partial charge in [-0.3, -0.25) is 4.79 Å². The molecule has 0 aliphatic heterocycles. The lowest BCUT2D eigenvalue weighted by molar-refractivity contribution is -0.118. The van der Waals surface area contributed by atoms with Crippen LogP contribution in [0, 0.1) is 0 Å². The van der Waals surface area contributed by atoms with Crippen LogP contribution >= 0.6 is 15.9 Å². The predicted molar refractivity (Wildman–Crippen MR) is 82.7 cm³/mol. The fraction of sp³-hybridized carbons (Fsp3) is 0.133. The molecule has 2 aromatic carbocycles. The number of halogens is 1. The third kappa shape index (κ3) is 3.30. The van der Waals surface area contributed by atoms with Crippen molar-refractivity contribution in [2.45, 2.75) is 6.04 Å². The van der Waals surface area contributed by atoms with Crippen LogP contribution in [0.4, 0.5) is 5.69 Å². The van der Waals surface area contributed by atoms with Crippen molar-refractivity contribution in [2.75, 3.05) is 12.4 Å². The molecule has 2 rings (SSSR count). The Bertz CT molecular complexity index is 602. The van der Waals surface area contributed by atoms with Crippen LogP contribution in [-0.4, -0.2) is 13.0 Å². The number of methoxy groups -OCH3 is 1. The van der Waals surface area contributed by atoms with Crippen molar-refractivity contribution in [3.05, 3.63) is 58.6 Å². The summed E-state index contributed by atoms with van der Waals surface area (Å²) in [5.41, 5.74) is 7.08. The van der Waals surface area contributed by atoms with Crippen LogP contribution in [0.2, 0.25) is 0 Å². The summed E-state index contributed by atoms with van der Waals surface area (Å²) in [5.74, 6) is 0.300. The molecular formula is C15H15BrN2O2. The van der Waals surface area contributed by atoms with E-state index in [2.05, 4.69) is 21.2 Å². The minimum atomic E-state index is -0.573. The molecule has 1 amide bonds. The van der Waals surface area contributed by atoms with Gasteiger partial charge in [0.25, 0.3) is 0 Å². The van der Waals surface area contributed by atoms with Crippen molar-refractivity contribution in [3.63, 3.8) is 0 Å². The Kier molecular flexibility index (Phi) is 4.63. The molecular weight excluding hydrogens is 320 g/mol. The van der Waals surface area contributed by atoms with E-state index in [1.165, 1.54) is 0 Å². The largest absolute Gasteiger partial charge is 0.496 e. The Morgan fingerprint density at radius 2 is 1.95 bits per heavy atom. The highest BCUT2D eigenvalue weighted by molar-refractivity contribution is 9.10. The summed E-state index contributed by atoms with van der Waals surface area (Å²) in [5, 5.41) is 3.13. The van der Waals surface area contributed by atoms with Gasteiger partial charge in [-0.1, -0.05) is 30.3 Å². The van der Waals surface area contributed by atoms with Crippen molar-refractivity contribution in [2.24, 2.45) is 5.73 Å². The van der Waals surface area contributed by atoms with Crippen molar-refractivity contribution in [3.8, 4) is 5.75 Å². The van der Waals surface area contributed by atoms with Gasteiger partial charge >= 0.3 is 0 Å². The van der Waals surface area contributed by atoms with Gasteiger partial charge in [0, 0.05) is 5.69 Å². The van der Waals surface area contributed by atoms with Crippen molar-refractivity contribution in [1.29, 1.82) is 0 Å². The van der Waals surface area contributed by atoms with E-state index in [1.54, 1.807) is 7.11 Å². The molecule has 0 aromatic heterocycles. The fourth-order valence-corrected chi connectivity index (χ4v) is 2.43. The third-order valence-electron chi connectivity index (χ3n) is 2.88. The molecule has 20 heavy (non-hydrogen) atoms. The van der Waals surface area contributed by atoms with Gasteiger partial charge < -0.3 is 15.8 Å². The van der Waals surface area contributed by atoms with E-state index in [9.17, 15) is 4.79 Å². The van der Waals surface area contributed by atoms with Crippen LogP contribution in [0.25, 0.3) is 0 Å². The molecule has 0 aliphatic carbocycles. The smallest absolute Gasteiger partial charge is 0.244 e. The van der Waals surface area contributed by atoms with E-state index in [0.29, 0.717) is 0 Å². The zero-order chi connectivity index (χ0) is 14.5. The highest BCUT2D eigenvalue weighted by atomic mass is 79.9. The molecule has 0 aliphatic rings. The number of rotatable bonds is 5. The maximum Gasteiger partial charge on any atom is 0.244 e. The van der Waals surface area contributed by atoms with E-state index in [-0.39, 0.29) is 0 Å². The van der Waals surface area contributed by atoms with Crippen LogP contribution in [0.5, 0.6) is 5.75 Å². The lowest BCUT2D eigenvalue weighted by atomic mass is 10.1. The molecule has 0 saturated carbocycles. The number of amides is 1. The zero-order valence-electron chi connectivity index (χ0n) is 11.0. The van der Waals surface area contributed by atoms with Gasteiger partial charge in [0.15, 0.2) is 0 Å². The molecule has 3 N–H and O–H groups in total. The third-order valence-corrected chi connectivity index (χ3v) is 3.50. The maximum absolute atomic E-state index is 11.6. The van der Waals surface area contributed by atoms with Crippen molar-refractivity contribution in [1.82, 2.24) is 0 Å². The molecule has 0 spiro atoms.